The van der Waals surface area contributed by atoms with E-state index >= 15 is 0 Å². The van der Waals surface area contributed by atoms with Crippen molar-refractivity contribution in [2.24, 2.45) is 0 Å². The highest BCUT2D eigenvalue weighted by molar-refractivity contribution is 7.99. The van der Waals surface area contributed by atoms with Gasteiger partial charge in [-0.25, -0.2) is 0 Å². The van der Waals surface area contributed by atoms with Gasteiger partial charge >= 0.3 is 0 Å². The van der Waals surface area contributed by atoms with E-state index in [1.54, 1.807) is 0 Å². The Morgan fingerprint density at radius 2 is 2.00 bits per heavy atom. The smallest absolute Gasteiger partial charge is 0.0658 e. The van der Waals surface area contributed by atoms with E-state index in [0.29, 0.717) is 5.25 Å². The van der Waals surface area contributed by atoms with E-state index in [4.69, 9.17) is 0 Å². The number of thioether (sulfide) groups is 1. The Balaban J connectivity index is 2.05. The molecule has 0 spiro atoms. The summed E-state index contributed by atoms with van der Waals surface area (Å²) >= 11 is 2.00. The van der Waals surface area contributed by atoms with Crippen molar-refractivity contribution in [3.63, 3.8) is 0 Å². The van der Waals surface area contributed by atoms with Gasteiger partial charge in [-0.15, -0.1) is 0 Å². The summed E-state index contributed by atoms with van der Waals surface area (Å²) in [7, 11) is 0. The molecule has 1 rings (SSSR count). The Morgan fingerprint density at radius 3 is 2.69 bits per heavy atom. The number of hydrogen-bond acceptors (Lipinski definition) is 2. The molecule has 0 radical (unpaired) electrons. The molecule has 1 nitrogen and oxygen atoms in total. The Morgan fingerprint density at radius 1 is 1.23 bits per heavy atom. The van der Waals surface area contributed by atoms with E-state index in [0.717, 1.165) is 6.42 Å². The molecule has 78 valence electrons. The molecule has 1 N–H and O–H groups in total. The number of hydrogen-bond donors (Lipinski definition) is 1. The summed E-state index contributed by atoms with van der Waals surface area (Å²) in [4.78, 5) is 0. The average molecular weight is 202 g/mol. The van der Waals surface area contributed by atoms with E-state index < -0.39 is 0 Å². The standard InChI is InChI=1S/C11H22OS/c1-2-3-6-9-13-11-8-5-4-7-10(11)12/h10-12H,2-9H2,1H3/t10-,11-/m1/s1. The number of aliphatic hydroxyl groups is 1. The second kappa shape index (κ2) is 6.72. The molecule has 1 fully saturated rings. The quantitative estimate of drug-likeness (QED) is 0.691. The van der Waals surface area contributed by atoms with Gasteiger partial charge in [-0.3, -0.25) is 0 Å². The fourth-order valence-electron chi connectivity index (χ4n) is 1.86. The van der Waals surface area contributed by atoms with Gasteiger partial charge in [0.25, 0.3) is 0 Å². The molecule has 0 aromatic carbocycles. The van der Waals surface area contributed by atoms with Gasteiger partial charge in [0.2, 0.25) is 0 Å². The van der Waals surface area contributed by atoms with Crippen LogP contribution in [-0.4, -0.2) is 22.2 Å². The predicted octanol–water partition coefficient (Wildman–Crippen LogP) is 3.21. The van der Waals surface area contributed by atoms with Crippen molar-refractivity contribution < 1.29 is 5.11 Å². The molecule has 0 unspecified atom stereocenters. The molecule has 0 aliphatic heterocycles. The molecule has 1 saturated carbocycles. The number of rotatable bonds is 5. The molecule has 13 heavy (non-hydrogen) atoms. The van der Waals surface area contributed by atoms with E-state index in [1.807, 2.05) is 11.8 Å². The maximum atomic E-state index is 9.70. The summed E-state index contributed by atoms with van der Waals surface area (Å²) in [5.41, 5.74) is 0. The first-order valence-corrected chi connectivity index (χ1v) is 6.69. The molecule has 0 heterocycles. The molecule has 0 amide bonds. The molecular formula is C11H22OS. The van der Waals surface area contributed by atoms with Gasteiger partial charge < -0.3 is 5.11 Å². The van der Waals surface area contributed by atoms with Crippen LogP contribution in [0.4, 0.5) is 0 Å². The highest BCUT2D eigenvalue weighted by Crippen LogP contribution is 2.29. The molecule has 2 heteroatoms. The van der Waals surface area contributed by atoms with Crippen LogP contribution in [0.15, 0.2) is 0 Å². The average Bonchev–Trinajstić information content (AvgIpc) is 2.15. The molecule has 0 bridgehead atoms. The van der Waals surface area contributed by atoms with Crippen LogP contribution in [0.1, 0.15) is 51.9 Å². The first-order valence-electron chi connectivity index (χ1n) is 5.64. The highest BCUT2D eigenvalue weighted by atomic mass is 32.2. The molecule has 0 saturated heterocycles. The van der Waals surface area contributed by atoms with Gasteiger partial charge in [0.15, 0.2) is 0 Å². The zero-order chi connectivity index (χ0) is 9.52. The van der Waals surface area contributed by atoms with Crippen LogP contribution in [0.5, 0.6) is 0 Å². The highest BCUT2D eigenvalue weighted by Gasteiger charge is 2.22. The lowest BCUT2D eigenvalue weighted by molar-refractivity contribution is 0.137. The molecule has 1 aliphatic carbocycles. The Labute approximate surface area is 86.3 Å². The van der Waals surface area contributed by atoms with Gasteiger partial charge in [-0.1, -0.05) is 32.6 Å². The van der Waals surface area contributed by atoms with Gasteiger partial charge in [0.1, 0.15) is 0 Å². The summed E-state index contributed by atoms with van der Waals surface area (Å²) in [6.07, 6.45) is 8.77. The van der Waals surface area contributed by atoms with E-state index in [-0.39, 0.29) is 6.10 Å². The number of aliphatic hydroxyl groups excluding tert-OH is 1. The minimum atomic E-state index is -0.0135. The number of unbranched alkanes of at least 4 members (excludes halogenated alkanes) is 2. The lowest BCUT2D eigenvalue weighted by Crippen LogP contribution is -2.27. The van der Waals surface area contributed by atoms with Crippen LogP contribution in [-0.2, 0) is 0 Å². The fourth-order valence-corrected chi connectivity index (χ4v) is 3.22. The van der Waals surface area contributed by atoms with Crippen molar-refractivity contribution in [1.29, 1.82) is 0 Å². The summed E-state index contributed by atoms with van der Waals surface area (Å²) in [5, 5.41) is 10.3. The molecule has 2 atom stereocenters. The van der Waals surface area contributed by atoms with Gasteiger partial charge in [0.05, 0.1) is 6.10 Å². The lowest BCUT2D eigenvalue weighted by atomic mass is 9.97. The van der Waals surface area contributed by atoms with Crippen molar-refractivity contribution in [2.75, 3.05) is 5.75 Å². The summed E-state index contributed by atoms with van der Waals surface area (Å²) in [6, 6.07) is 0. The third-order valence-corrected chi connectivity index (χ3v) is 4.25. The lowest BCUT2D eigenvalue weighted by Gasteiger charge is -2.26. The van der Waals surface area contributed by atoms with Gasteiger partial charge in [-0.2, -0.15) is 11.8 Å². The maximum Gasteiger partial charge on any atom is 0.0658 e. The monoisotopic (exact) mass is 202 g/mol. The zero-order valence-electron chi connectivity index (χ0n) is 8.67. The van der Waals surface area contributed by atoms with Crippen LogP contribution < -0.4 is 0 Å². The van der Waals surface area contributed by atoms with E-state index in [2.05, 4.69) is 6.92 Å². The van der Waals surface area contributed by atoms with Crippen molar-refractivity contribution in [2.45, 2.75) is 63.2 Å². The second-order valence-corrected chi connectivity index (χ2v) is 5.32. The van der Waals surface area contributed by atoms with Crippen LogP contribution in [0, 0.1) is 0 Å². The Kier molecular flexibility index (Phi) is 5.88. The summed E-state index contributed by atoms with van der Waals surface area (Å²) < 4.78 is 0. The van der Waals surface area contributed by atoms with Gasteiger partial charge in [-0.05, 0) is 25.0 Å². The topological polar surface area (TPSA) is 20.2 Å². The summed E-state index contributed by atoms with van der Waals surface area (Å²) in [5.74, 6) is 1.25. The minimum Gasteiger partial charge on any atom is -0.392 e. The predicted molar refractivity (Wildman–Crippen MR) is 60.2 cm³/mol. The first kappa shape index (κ1) is 11.4. The molecule has 1 aliphatic rings. The fraction of sp³-hybridized carbons (Fsp3) is 1.00. The van der Waals surface area contributed by atoms with Crippen molar-refractivity contribution >= 4 is 11.8 Å². The van der Waals surface area contributed by atoms with Crippen molar-refractivity contribution in [3.8, 4) is 0 Å². The Hall–Kier alpha value is 0.310. The third-order valence-electron chi connectivity index (χ3n) is 2.75. The maximum absolute atomic E-state index is 9.70. The van der Waals surface area contributed by atoms with E-state index in [9.17, 15) is 5.11 Å². The molecular weight excluding hydrogens is 180 g/mol. The van der Waals surface area contributed by atoms with Crippen molar-refractivity contribution in [3.05, 3.63) is 0 Å². The first-order chi connectivity index (χ1) is 6.34. The zero-order valence-corrected chi connectivity index (χ0v) is 9.48. The minimum absolute atomic E-state index is 0.0135. The normalized spacial score (nSPS) is 29.1. The molecule has 0 aromatic heterocycles. The second-order valence-electron chi connectivity index (χ2n) is 3.97. The van der Waals surface area contributed by atoms with Crippen LogP contribution >= 0.6 is 11.8 Å². The third kappa shape index (κ3) is 4.37. The van der Waals surface area contributed by atoms with Crippen LogP contribution in [0.2, 0.25) is 0 Å². The van der Waals surface area contributed by atoms with E-state index in [1.165, 1.54) is 44.3 Å². The van der Waals surface area contributed by atoms with Gasteiger partial charge in [0, 0.05) is 5.25 Å². The Bertz CT molecular complexity index is 127. The van der Waals surface area contributed by atoms with Crippen molar-refractivity contribution in [1.82, 2.24) is 0 Å². The molecule has 0 aromatic rings. The largest absolute Gasteiger partial charge is 0.392 e. The van der Waals surface area contributed by atoms with Crippen LogP contribution in [0.25, 0.3) is 0 Å². The summed E-state index contributed by atoms with van der Waals surface area (Å²) in [6.45, 7) is 2.24. The van der Waals surface area contributed by atoms with Crippen LogP contribution in [0.3, 0.4) is 0 Å². The SMILES string of the molecule is CCCCCS[C@@H]1CCCC[C@H]1O.